The first-order valence-corrected chi connectivity index (χ1v) is 6.81. The molecule has 0 radical (unpaired) electrons. The second-order valence-corrected chi connectivity index (χ2v) is 5.46. The molecular formula is C14H8FIN4. The molecule has 1 heterocycles. The number of nitrogens with two attached hydrogens (primary N) is 1. The molecule has 2 N–H and O–H groups in total. The summed E-state index contributed by atoms with van der Waals surface area (Å²) in [6, 6.07) is 11.8. The summed E-state index contributed by atoms with van der Waals surface area (Å²) in [5, 5.41) is 8.78. The van der Waals surface area contributed by atoms with Crippen LogP contribution >= 0.6 is 22.6 Å². The lowest BCUT2D eigenvalue weighted by molar-refractivity contribution is 0.619. The van der Waals surface area contributed by atoms with Crippen molar-refractivity contribution in [2.75, 3.05) is 5.73 Å². The second-order valence-electron chi connectivity index (χ2n) is 4.22. The third kappa shape index (κ3) is 2.00. The van der Waals surface area contributed by atoms with E-state index in [9.17, 15) is 4.39 Å². The summed E-state index contributed by atoms with van der Waals surface area (Å²) in [6.45, 7) is 0. The van der Waals surface area contributed by atoms with Crippen molar-refractivity contribution in [3.63, 3.8) is 0 Å². The smallest absolute Gasteiger partial charge is 0.206 e. The Bertz CT molecular complexity index is 863. The molecule has 0 fully saturated rings. The van der Waals surface area contributed by atoms with Crippen molar-refractivity contribution >= 4 is 39.6 Å². The molecule has 0 aliphatic carbocycles. The van der Waals surface area contributed by atoms with Gasteiger partial charge in [-0.2, -0.15) is 5.26 Å². The Balaban J connectivity index is 2.30. The van der Waals surface area contributed by atoms with Gasteiger partial charge in [-0.3, -0.25) is 4.57 Å². The Morgan fingerprint density at radius 3 is 2.75 bits per heavy atom. The normalized spacial score (nSPS) is 10.7. The molecule has 0 aliphatic rings. The van der Waals surface area contributed by atoms with Crippen LogP contribution in [0.5, 0.6) is 0 Å². The molecule has 3 aromatic rings. The average Bonchev–Trinajstić information content (AvgIpc) is 2.73. The number of aromatic nitrogens is 2. The van der Waals surface area contributed by atoms with Crippen LogP contribution in [0.4, 0.5) is 10.3 Å². The van der Waals surface area contributed by atoms with Crippen molar-refractivity contribution < 1.29 is 4.39 Å². The number of hydrogen-bond donors (Lipinski definition) is 1. The molecule has 20 heavy (non-hydrogen) atoms. The number of nitriles is 1. The Hall–Kier alpha value is -2.14. The molecule has 0 saturated carbocycles. The molecule has 0 saturated heterocycles. The average molecular weight is 378 g/mol. The molecule has 0 aliphatic heterocycles. The van der Waals surface area contributed by atoms with Crippen molar-refractivity contribution in [3.05, 3.63) is 51.3 Å². The van der Waals surface area contributed by atoms with E-state index in [2.05, 4.69) is 27.6 Å². The van der Waals surface area contributed by atoms with Crippen LogP contribution in [0.2, 0.25) is 0 Å². The molecule has 0 amide bonds. The summed E-state index contributed by atoms with van der Waals surface area (Å²) < 4.78 is 16.7. The van der Waals surface area contributed by atoms with Gasteiger partial charge in [-0.05, 0) is 59.0 Å². The van der Waals surface area contributed by atoms with Crippen LogP contribution < -0.4 is 5.73 Å². The highest BCUT2D eigenvalue weighted by atomic mass is 127. The minimum Gasteiger partial charge on any atom is -0.369 e. The van der Waals surface area contributed by atoms with Crippen molar-refractivity contribution in [3.8, 4) is 11.8 Å². The number of nitrogens with zero attached hydrogens (tertiary/aromatic N) is 3. The molecule has 4 nitrogen and oxygen atoms in total. The number of hydrogen-bond acceptors (Lipinski definition) is 3. The van der Waals surface area contributed by atoms with Gasteiger partial charge in [-0.15, -0.1) is 0 Å². The van der Waals surface area contributed by atoms with Crippen LogP contribution in [0.25, 0.3) is 16.7 Å². The monoisotopic (exact) mass is 378 g/mol. The first-order valence-electron chi connectivity index (χ1n) is 5.73. The van der Waals surface area contributed by atoms with E-state index in [1.54, 1.807) is 10.6 Å². The number of halogens is 2. The minimum atomic E-state index is -0.506. The van der Waals surface area contributed by atoms with Gasteiger partial charge in [0.25, 0.3) is 0 Å². The van der Waals surface area contributed by atoms with Gasteiger partial charge >= 0.3 is 0 Å². The van der Waals surface area contributed by atoms with Crippen LogP contribution in [0.15, 0.2) is 36.4 Å². The number of fused-ring (bicyclic) bond motifs is 1. The number of rotatable bonds is 1. The zero-order valence-corrected chi connectivity index (χ0v) is 12.3. The highest BCUT2D eigenvalue weighted by Crippen LogP contribution is 2.26. The predicted octanol–water partition coefficient (Wildman–Crippen LogP) is 3.22. The molecule has 1 aromatic heterocycles. The molecule has 98 valence electrons. The maximum absolute atomic E-state index is 14.1. The fraction of sp³-hybridized carbons (Fsp3) is 0. The maximum atomic E-state index is 14.1. The summed E-state index contributed by atoms with van der Waals surface area (Å²) in [5.41, 5.74) is 7.88. The van der Waals surface area contributed by atoms with E-state index in [0.717, 1.165) is 9.09 Å². The summed E-state index contributed by atoms with van der Waals surface area (Å²) in [7, 11) is 0. The van der Waals surface area contributed by atoms with E-state index < -0.39 is 5.82 Å². The number of imidazole rings is 1. The maximum Gasteiger partial charge on any atom is 0.206 e. The molecule has 2 aromatic carbocycles. The highest BCUT2D eigenvalue weighted by Gasteiger charge is 2.14. The second kappa shape index (κ2) is 4.76. The fourth-order valence-corrected chi connectivity index (χ4v) is 2.56. The summed E-state index contributed by atoms with van der Waals surface area (Å²) >= 11 is 2.18. The van der Waals surface area contributed by atoms with Gasteiger partial charge in [-0.1, -0.05) is 0 Å². The van der Waals surface area contributed by atoms with Crippen molar-refractivity contribution in [2.45, 2.75) is 0 Å². The number of anilines is 1. The van der Waals surface area contributed by atoms with Gasteiger partial charge in [0.1, 0.15) is 5.82 Å². The molecular weight excluding hydrogens is 370 g/mol. The summed E-state index contributed by atoms with van der Waals surface area (Å²) in [5.74, 6) is -0.292. The van der Waals surface area contributed by atoms with Crippen LogP contribution in [-0.2, 0) is 0 Å². The van der Waals surface area contributed by atoms with Crippen LogP contribution in [0, 0.1) is 20.7 Å². The zero-order valence-electron chi connectivity index (χ0n) is 10.1. The van der Waals surface area contributed by atoms with E-state index in [4.69, 9.17) is 11.0 Å². The van der Waals surface area contributed by atoms with Crippen molar-refractivity contribution in [1.29, 1.82) is 5.26 Å². The van der Waals surface area contributed by atoms with E-state index in [1.807, 2.05) is 24.3 Å². The summed E-state index contributed by atoms with van der Waals surface area (Å²) in [6.07, 6.45) is 0. The van der Waals surface area contributed by atoms with Gasteiger partial charge in [0, 0.05) is 3.57 Å². The van der Waals surface area contributed by atoms with Crippen molar-refractivity contribution in [1.82, 2.24) is 9.55 Å². The standard InChI is InChI=1S/C14H8FIN4/c15-10-5-8(7-17)1-3-12(10)20-13-4-2-9(16)6-11(13)19-14(20)18/h1-6H,(H2,18,19). The van der Waals surface area contributed by atoms with E-state index >= 15 is 0 Å². The Labute approximate surface area is 127 Å². The van der Waals surface area contributed by atoms with Gasteiger partial charge in [0.2, 0.25) is 5.95 Å². The minimum absolute atomic E-state index is 0.214. The topological polar surface area (TPSA) is 67.6 Å². The molecule has 0 unspecified atom stereocenters. The van der Waals surface area contributed by atoms with Gasteiger partial charge in [0.15, 0.2) is 0 Å². The Morgan fingerprint density at radius 1 is 1.25 bits per heavy atom. The lowest BCUT2D eigenvalue weighted by Gasteiger charge is -2.08. The first kappa shape index (κ1) is 12.9. The third-order valence-corrected chi connectivity index (χ3v) is 3.63. The Kier molecular flexibility index (Phi) is 3.06. The SMILES string of the molecule is N#Cc1ccc(-n2c(N)nc3cc(I)ccc32)c(F)c1. The van der Waals surface area contributed by atoms with Crippen molar-refractivity contribution in [2.24, 2.45) is 0 Å². The predicted molar refractivity (Wildman–Crippen MR) is 82.9 cm³/mol. The quantitative estimate of drug-likeness (QED) is 0.662. The van der Waals surface area contributed by atoms with Gasteiger partial charge in [-0.25, -0.2) is 9.37 Å². The van der Waals surface area contributed by atoms with Gasteiger partial charge in [0.05, 0.1) is 28.4 Å². The lowest BCUT2D eigenvalue weighted by Crippen LogP contribution is -2.03. The lowest BCUT2D eigenvalue weighted by atomic mass is 10.2. The largest absolute Gasteiger partial charge is 0.369 e. The van der Waals surface area contributed by atoms with Crippen LogP contribution in [-0.4, -0.2) is 9.55 Å². The van der Waals surface area contributed by atoms with Crippen LogP contribution in [0.3, 0.4) is 0 Å². The molecule has 0 atom stereocenters. The highest BCUT2D eigenvalue weighted by molar-refractivity contribution is 14.1. The van der Waals surface area contributed by atoms with Gasteiger partial charge < -0.3 is 5.73 Å². The van der Waals surface area contributed by atoms with E-state index in [1.165, 1.54) is 12.1 Å². The molecule has 0 bridgehead atoms. The zero-order chi connectivity index (χ0) is 14.3. The first-order chi connectivity index (χ1) is 9.60. The molecule has 6 heteroatoms. The van der Waals surface area contributed by atoms with Crippen LogP contribution in [0.1, 0.15) is 5.56 Å². The Morgan fingerprint density at radius 2 is 2.05 bits per heavy atom. The number of benzene rings is 2. The van der Waals surface area contributed by atoms with E-state index in [-0.39, 0.29) is 17.2 Å². The number of nitrogen functional groups attached to an aromatic ring is 1. The molecule has 3 rings (SSSR count). The fourth-order valence-electron chi connectivity index (χ4n) is 2.08. The third-order valence-electron chi connectivity index (χ3n) is 2.96. The molecule has 0 spiro atoms. The summed E-state index contributed by atoms with van der Waals surface area (Å²) in [4.78, 5) is 4.24. The van der Waals surface area contributed by atoms with E-state index in [0.29, 0.717) is 5.52 Å².